The van der Waals surface area contributed by atoms with Crippen molar-refractivity contribution in [3.8, 4) is 11.5 Å². The molecule has 1 fully saturated rings. The molecule has 6 heteroatoms. The molecule has 0 aliphatic carbocycles. The van der Waals surface area contributed by atoms with Gasteiger partial charge in [-0.3, -0.25) is 4.79 Å². The Bertz CT molecular complexity index is 537. The lowest BCUT2D eigenvalue weighted by atomic mass is 10.1. The molecular formula is C17H26N2O3S. The Morgan fingerprint density at radius 3 is 2.78 bits per heavy atom. The first kappa shape index (κ1) is 17.9. The number of methoxy groups -OCH3 is 1. The summed E-state index contributed by atoms with van der Waals surface area (Å²) in [5.74, 6) is 2.54. The lowest BCUT2D eigenvalue weighted by Crippen LogP contribution is -2.41. The predicted octanol–water partition coefficient (Wildman–Crippen LogP) is 2.62. The number of hydrogen-bond acceptors (Lipinski definition) is 5. The fourth-order valence-corrected chi connectivity index (χ4v) is 3.82. The molecule has 0 aromatic heterocycles. The second-order valence-corrected chi connectivity index (χ2v) is 6.89. The summed E-state index contributed by atoms with van der Waals surface area (Å²) in [5, 5.41) is 0.0429. The average Bonchev–Trinajstić information content (AvgIpc) is 2.53. The normalized spacial score (nSPS) is 18.4. The number of rotatable bonds is 7. The van der Waals surface area contributed by atoms with E-state index in [9.17, 15) is 4.79 Å². The van der Waals surface area contributed by atoms with E-state index in [0.717, 1.165) is 35.9 Å². The number of hydrogen-bond donors (Lipinski definition) is 0. The Kier molecular flexibility index (Phi) is 6.59. The monoisotopic (exact) mass is 338 g/mol. The first-order valence-corrected chi connectivity index (χ1v) is 8.98. The van der Waals surface area contributed by atoms with Crippen molar-refractivity contribution < 1.29 is 14.3 Å². The van der Waals surface area contributed by atoms with Crippen LogP contribution in [-0.2, 0) is 4.79 Å². The van der Waals surface area contributed by atoms with E-state index in [-0.39, 0.29) is 11.3 Å². The Hall–Kier alpha value is -1.40. The predicted molar refractivity (Wildman–Crippen MR) is 94.2 cm³/mol. The first-order valence-electron chi connectivity index (χ1n) is 7.93. The van der Waals surface area contributed by atoms with Gasteiger partial charge in [-0.1, -0.05) is 6.07 Å². The molecule has 1 unspecified atom stereocenters. The smallest absolute Gasteiger partial charge is 0.224 e. The molecule has 128 valence electrons. The molecule has 0 bridgehead atoms. The Morgan fingerprint density at radius 2 is 2.13 bits per heavy atom. The molecule has 1 aromatic rings. The maximum Gasteiger partial charge on any atom is 0.224 e. The van der Waals surface area contributed by atoms with Gasteiger partial charge in [-0.15, -0.1) is 11.8 Å². The number of ether oxygens (including phenoxy) is 2. The van der Waals surface area contributed by atoms with Crippen molar-refractivity contribution in [1.29, 1.82) is 0 Å². The standard InChI is InChI=1S/C17H26N2O3S/c1-5-22-15-12-13(6-7-14(15)21-4)17-19(10-9-18(2)3)16(20)8-11-23-17/h6-7,12,17H,5,8-11H2,1-4H3. The van der Waals surface area contributed by atoms with Gasteiger partial charge in [-0.2, -0.15) is 0 Å². The quantitative estimate of drug-likeness (QED) is 0.764. The van der Waals surface area contributed by atoms with Crippen molar-refractivity contribution in [1.82, 2.24) is 9.80 Å². The number of amides is 1. The second-order valence-electron chi connectivity index (χ2n) is 5.71. The molecule has 1 aliphatic rings. The van der Waals surface area contributed by atoms with E-state index in [1.165, 1.54) is 0 Å². The minimum absolute atomic E-state index is 0.0429. The molecule has 1 saturated heterocycles. The third-order valence-corrected chi connectivity index (χ3v) is 5.04. The number of benzene rings is 1. The van der Waals surface area contributed by atoms with Crippen molar-refractivity contribution in [2.45, 2.75) is 18.7 Å². The number of nitrogens with zero attached hydrogens (tertiary/aromatic N) is 2. The highest BCUT2D eigenvalue weighted by Crippen LogP contribution is 2.40. The third kappa shape index (κ3) is 4.54. The molecule has 0 spiro atoms. The summed E-state index contributed by atoms with van der Waals surface area (Å²) in [4.78, 5) is 16.4. The Morgan fingerprint density at radius 1 is 1.35 bits per heavy atom. The molecule has 0 N–H and O–H groups in total. The Labute approximate surface area is 142 Å². The molecule has 1 amide bonds. The summed E-state index contributed by atoms with van der Waals surface area (Å²) in [5.41, 5.74) is 1.09. The third-order valence-electron chi connectivity index (χ3n) is 3.76. The van der Waals surface area contributed by atoms with E-state index in [2.05, 4.69) is 4.90 Å². The van der Waals surface area contributed by atoms with Gasteiger partial charge in [-0.25, -0.2) is 0 Å². The molecule has 2 rings (SSSR count). The van der Waals surface area contributed by atoms with Gasteiger partial charge in [0.05, 0.1) is 13.7 Å². The SMILES string of the molecule is CCOc1cc(C2SCCC(=O)N2CCN(C)C)ccc1OC. The highest BCUT2D eigenvalue weighted by atomic mass is 32.2. The van der Waals surface area contributed by atoms with Crippen LogP contribution in [-0.4, -0.2) is 62.4 Å². The lowest BCUT2D eigenvalue weighted by Gasteiger charge is -2.36. The van der Waals surface area contributed by atoms with Gasteiger partial charge in [0.2, 0.25) is 5.91 Å². The van der Waals surface area contributed by atoms with Gasteiger partial charge in [0, 0.05) is 25.3 Å². The fourth-order valence-electron chi connectivity index (χ4n) is 2.56. The summed E-state index contributed by atoms with van der Waals surface area (Å²) in [6, 6.07) is 5.95. The topological polar surface area (TPSA) is 42.0 Å². The molecule has 5 nitrogen and oxygen atoms in total. The highest BCUT2D eigenvalue weighted by molar-refractivity contribution is 7.99. The summed E-state index contributed by atoms with van der Waals surface area (Å²) in [7, 11) is 5.69. The number of carbonyl (C=O) groups is 1. The van der Waals surface area contributed by atoms with Crippen molar-refractivity contribution in [3.63, 3.8) is 0 Å². The Balaban J connectivity index is 2.25. The van der Waals surface area contributed by atoms with Crippen LogP contribution >= 0.6 is 11.8 Å². The summed E-state index contributed by atoms with van der Waals surface area (Å²) in [6.07, 6.45) is 0.614. The molecule has 0 saturated carbocycles. The molecule has 0 radical (unpaired) electrons. The number of likely N-dealkylation sites (N-methyl/N-ethyl adjacent to an activating group) is 1. The van der Waals surface area contributed by atoms with E-state index in [1.807, 2.05) is 55.9 Å². The van der Waals surface area contributed by atoms with E-state index in [4.69, 9.17) is 9.47 Å². The van der Waals surface area contributed by atoms with Crippen LogP contribution in [0.3, 0.4) is 0 Å². The van der Waals surface area contributed by atoms with Gasteiger partial charge in [0.1, 0.15) is 5.37 Å². The van der Waals surface area contributed by atoms with E-state index >= 15 is 0 Å². The van der Waals surface area contributed by atoms with Gasteiger partial charge < -0.3 is 19.3 Å². The first-order chi connectivity index (χ1) is 11.1. The zero-order valence-corrected chi connectivity index (χ0v) is 15.2. The van der Waals surface area contributed by atoms with Crippen LogP contribution in [0.15, 0.2) is 18.2 Å². The molecule has 1 heterocycles. The summed E-state index contributed by atoms with van der Waals surface area (Å²) < 4.78 is 11.0. The van der Waals surface area contributed by atoms with Crippen LogP contribution in [0, 0.1) is 0 Å². The number of thioether (sulfide) groups is 1. The highest BCUT2D eigenvalue weighted by Gasteiger charge is 2.30. The van der Waals surface area contributed by atoms with Crippen molar-refractivity contribution in [2.75, 3.05) is 46.7 Å². The van der Waals surface area contributed by atoms with Crippen LogP contribution in [0.25, 0.3) is 0 Å². The van der Waals surface area contributed by atoms with Crippen molar-refractivity contribution in [3.05, 3.63) is 23.8 Å². The van der Waals surface area contributed by atoms with Gasteiger partial charge in [-0.05, 0) is 38.7 Å². The summed E-state index contributed by atoms with van der Waals surface area (Å²) >= 11 is 1.81. The molecule has 1 atom stereocenters. The van der Waals surface area contributed by atoms with Gasteiger partial charge in [0.25, 0.3) is 0 Å². The van der Waals surface area contributed by atoms with E-state index in [1.54, 1.807) is 7.11 Å². The minimum Gasteiger partial charge on any atom is -0.493 e. The maximum atomic E-state index is 12.4. The molecule has 23 heavy (non-hydrogen) atoms. The van der Waals surface area contributed by atoms with Crippen LogP contribution in [0.4, 0.5) is 0 Å². The molecule has 1 aliphatic heterocycles. The minimum atomic E-state index is 0.0429. The largest absolute Gasteiger partial charge is 0.493 e. The van der Waals surface area contributed by atoms with Crippen LogP contribution < -0.4 is 9.47 Å². The average molecular weight is 338 g/mol. The number of carbonyl (C=O) groups excluding carboxylic acids is 1. The van der Waals surface area contributed by atoms with Gasteiger partial charge >= 0.3 is 0 Å². The molecular weight excluding hydrogens is 312 g/mol. The zero-order valence-electron chi connectivity index (χ0n) is 14.4. The molecule has 1 aromatic carbocycles. The zero-order chi connectivity index (χ0) is 16.8. The maximum absolute atomic E-state index is 12.4. The van der Waals surface area contributed by atoms with Crippen LogP contribution in [0.2, 0.25) is 0 Å². The van der Waals surface area contributed by atoms with Crippen LogP contribution in [0.5, 0.6) is 11.5 Å². The van der Waals surface area contributed by atoms with Crippen molar-refractivity contribution >= 4 is 17.7 Å². The second kappa shape index (κ2) is 8.45. The summed E-state index contributed by atoms with van der Waals surface area (Å²) in [6.45, 7) is 4.13. The van der Waals surface area contributed by atoms with Crippen LogP contribution in [0.1, 0.15) is 24.3 Å². The van der Waals surface area contributed by atoms with Crippen molar-refractivity contribution in [2.24, 2.45) is 0 Å². The van der Waals surface area contributed by atoms with E-state index < -0.39 is 0 Å². The fraction of sp³-hybridized carbons (Fsp3) is 0.588. The van der Waals surface area contributed by atoms with E-state index in [0.29, 0.717) is 13.0 Å². The lowest BCUT2D eigenvalue weighted by molar-refractivity contribution is -0.132. The van der Waals surface area contributed by atoms with Gasteiger partial charge in [0.15, 0.2) is 11.5 Å².